The van der Waals surface area contributed by atoms with Crippen LogP contribution >= 0.6 is 0 Å². The highest BCUT2D eigenvalue weighted by Gasteiger charge is 2.47. The molecule has 1 fully saturated rings. The molecule has 0 aliphatic heterocycles. The summed E-state index contributed by atoms with van der Waals surface area (Å²) in [4.78, 5) is 12.1. The molecule has 0 saturated heterocycles. The number of ether oxygens (including phenoxy) is 2. The number of phenols is 1. The number of fused-ring (bicyclic) bond motifs is 6. The molecule has 4 heteroatoms. The van der Waals surface area contributed by atoms with Crippen LogP contribution in [0.1, 0.15) is 62.1 Å². The van der Waals surface area contributed by atoms with Gasteiger partial charge in [-0.3, -0.25) is 0 Å². The number of aryl methyl sites for hydroxylation is 1. The van der Waals surface area contributed by atoms with E-state index in [1.807, 2.05) is 18.2 Å². The van der Waals surface area contributed by atoms with Gasteiger partial charge in [0, 0.05) is 21.9 Å². The van der Waals surface area contributed by atoms with Crippen molar-refractivity contribution in [2.24, 2.45) is 5.92 Å². The average molecular weight is 340 g/mol. The average Bonchev–Trinajstić information content (AvgIpc) is 3.11. The lowest BCUT2D eigenvalue weighted by atomic mass is 9.87. The van der Waals surface area contributed by atoms with Gasteiger partial charge in [-0.25, -0.2) is 4.79 Å². The lowest BCUT2D eigenvalue weighted by Gasteiger charge is -2.22. The Kier molecular flexibility index (Phi) is 3.86. The number of aromatic hydroxyl groups is 1. The first-order valence-corrected chi connectivity index (χ1v) is 9.22. The molecule has 0 radical (unpaired) electrons. The van der Waals surface area contributed by atoms with E-state index in [1.54, 1.807) is 6.92 Å². The van der Waals surface area contributed by atoms with E-state index in [9.17, 15) is 9.90 Å². The fourth-order valence-electron chi connectivity index (χ4n) is 4.81. The number of carbonyl (C=O) groups is 1. The van der Waals surface area contributed by atoms with Crippen LogP contribution in [0.5, 0.6) is 11.5 Å². The third kappa shape index (κ3) is 2.30. The van der Waals surface area contributed by atoms with E-state index in [-0.39, 0.29) is 6.61 Å². The number of hydrogen-bond acceptors (Lipinski definition) is 4. The molecular formula is C21H24O4. The number of benzene rings is 2. The van der Waals surface area contributed by atoms with Crippen LogP contribution < -0.4 is 4.74 Å². The SMILES string of the molecule is CCOC(=O)Oc1c2c(c(O)c3ccc(CC)cc13)C1CCC2C1C. The van der Waals surface area contributed by atoms with Crippen molar-refractivity contribution in [1.29, 1.82) is 0 Å². The zero-order chi connectivity index (χ0) is 17.7. The Labute approximate surface area is 147 Å². The third-order valence-corrected chi connectivity index (χ3v) is 6.03. The molecule has 2 aromatic carbocycles. The minimum absolute atomic E-state index is 0.277. The van der Waals surface area contributed by atoms with Crippen LogP contribution in [-0.2, 0) is 11.2 Å². The van der Waals surface area contributed by atoms with Crippen LogP contribution in [0, 0.1) is 5.92 Å². The molecule has 3 unspecified atom stereocenters. The Bertz CT molecular complexity index is 855. The van der Waals surface area contributed by atoms with E-state index in [0.29, 0.717) is 29.3 Å². The van der Waals surface area contributed by atoms with Gasteiger partial charge in [-0.15, -0.1) is 0 Å². The molecule has 4 rings (SSSR count). The minimum Gasteiger partial charge on any atom is -0.507 e. The smallest absolute Gasteiger partial charge is 0.507 e. The molecule has 25 heavy (non-hydrogen) atoms. The Morgan fingerprint density at radius 3 is 2.56 bits per heavy atom. The van der Waals surface area contributed by atoms with Crippen molar-refractivity contribution in [2.45, 2.75) is 51.9 Å². The van der Waals surface area contributed by atoms with Crippen molar-refractivity contribution >= 4 is 16.9 Å². The highest BCUT2D eigenvalue weighted by Crippen LogP contribution is 2.63. The summed E-state index contributed by atoms with van der Waals surface area (Å²) in [5.41, 5.74) is 3.16. The summed E-state index contributed by atoms with van der Waals surface area (Å²) < 4.78 is 10.7. The monoisotopic (exact) mass is 340 g/mol. The fourth-order valence-corrected chi connectivity index (χ4v) is 4.81. The summed E-state index contributed by atoms with van der Waals surface area (Å²) in [6.07, 6.45) is 2.38. The molecule has 0 aromatic heterocycles. The first-order valence-electron chi connectivity index (χ1n) is 9.22. The molecule has 2 aromatic rings. The molecule has 2 aliphatic rings. The van der Waals surface area contributed by atoms with Crippen LogP contribution in [0.2, 0.25) is 0 Å². The molecule has 2 aliphatic carbocycles. The standard InChI is InChI=1S/C21H24O4/c1-4-12-6-7-15-16(10-12)20(25-21(23)24-5-2)18-14-9-8-13(11(14)3)17(18)19(15)22/h6-7,10-11,13-14,22H,4-5,8-9H2,1-3H3. The van der Waals surface area contributed by atoms with Crippen LogP contribution in [0.4, 0.5) is 4.79 Å². The van der Waals surface area contributed by atoms with Crippen molar-refractivity contribution in [2.75, 3.05) is 6.61 Å². The molecule has 4 nitrogen and oxygen atoms in total. The Morgan fingerprint density at radius 2 is 1.88 bits per heavy atom. The second-order valence-corrected chi connectivity index (χ2v) is 7.17. The van der Waals surface area contributed by atoms with Gasteiger partial charge in [-0.05, 0) is 55.6 Å². The summed E-state index contributed by atoms with van der Waals surface area (Å²) in [7, 11) is 0. The highest BCUT2D eigenvalue weighted by atomic mass is 16.7. The number of hydrogen-bond donors (Lipinski definition) is 1. The van der Waals surface area contributed by atoms with Crippen molar-refractivity contribution in [1.82, 2.24) is 0 Å². The molecule has 0 spiro atoms. The van der Waals surface area contributed by atoms with Crippen molar-refractivity contribution in [3.63, 3.8) is 0 Å². The second-order valence-electron chi connectivity index (χ2n) is 7.17. The normalized spacial score (nSPS) is 23.7. The van der Waals surface area contributed by atoms with E-state index in [4.69, 9.17) is 9.47 Å². The van der Waals surface area contributed by atoms with Gasteiger partial charge < -0.3 is 14.6 Å². The van der Waals surface area contributed by atoms with Gasteiger partial charge in [0.1, 0.15) is 11.5 Å². The van der Waals surface area contributed by atoms with E-state index < -0.39 is 6.16 Å². The number of rotatable bonds is 3. The fraction of sp³-hybridized carbons (Fsp3) is 0.476. The van der Waals surface area contributed by atoms with Gasteiger partial charge in [0.25, 0.3) is 0 Å². The predicted octanol–water partition coefficient (Wildman–Crippen LogP) is 5.25. The maximum absolute atomic E-state index is 12.1. The predicted molar refractivity (Wildman–Crippen MR) is 96.5 cm³/mol. The zero-order valence-corrected chi connectivity index (χ0v) is 15.0. The maximum atomic E-state index is 12.1. The summed E-state index contributed by atoms with van der Waals surface area (Å²) >= 11 is 0. The Morgan fingerprint density at radius 1 is 1.16 bits per heavy atom. The van der Waals surface area contributed by atoms with Crippen LogP contribution in [0.25, 0.3) is 10.8 Å². The van der Waals surface area contributed by atoms with E-state index >= 15 is 0 Å². The molecule has 0 heterocycles. The topological polar surface area (TPSA) is 55.8 Å². The van der Waals surface area contributed by atoms with Gasteiger partial charge in [0.15, 0.2) is 0 Å². The summed E-state index contributed by atoms with van der Waals surface area (Å²) in [6, 6.07) is 6.00. The molecule has 1 saturated carbocycles. The third-order valence-electron chi connectivity index (χ3n) is 6.03. The van der Waals surface area contributed by atoms with Crippen LogP contribution in [0.3, 0.4) is 0 Å². The first-order chi connectivity index (χ1) is 12.1. The van der Waals surface area contributed by atoms with Crippen LogP contribution in [0.15, 0.2) is 18.2 Å². The van der Waals surface area contributed by atoms with Gasteiger partial charge in [-0.1, -0.05) is 26.0 Å². The number of phenolic OH excluding ortho intramolecular Hbond substituents is 1. The molecule has 3 atom stereocenters. The molecular weight excluding hydrogens is 316 g/mol. The minimum atomic E-state index is -0.672. The summed E-state index contributed by atoms with van der Waals surface area (Å²) in [6.45, 7) is 6.36. The molecule has 2 bridgehead atoms. The van der Waals surface area contributed by atoms with Crippen molar-refractivity contribution in [3.05, 3.63) is 34.9 Å². The largest absolute Gasteiger partial charge is 0.513 e. The van der Waals surface area contributed by atoms with Crippen molar-refractivity contribution in [3.8, 4) is 11.5 Å². The maximum Gasteiger partial charge on any atom is 0.513 e. The van der Waals surface area contributed by atoms with E-state index in [1.165, 1.54) is 0 Å². The zero-order valence-electron chi connectivity index (χ0n) is 15.0. The van der Waals surface area contributed by atoms with Gasteiger partial charge >= 0.3 is 6.16 Å². The molecule has 132 valence electrons. The van der Waals surface area contributed by atoms with E-state index in [0.717, 1.165) is 46.7 Å². The van der Waals surface area contributed by atoms with Gasteiger partial charge in [0.2, 0.25) is 0 Å². The van der Waals surface area contributed by atoms with E-state index in [2.05, 4.69) is 13.8 Å². The second kappa shape index (κ2) is 5.94. The van der Waals surface area contributed by atoms with Gasteiger partial charge in [0.05, 0.1) is 6.61 Å². The van der Waals surface area contributed by atoms with Crippen molar-refractivity contribution < 1.29 is 19.4 Å². The lowest BCUT2D eigenvalue weighted by molar-refractivity contribution is 0.104. The summed E-state index contributed by atoms with van der Waals surface area (Å²) in [5.74, 6) is 2.11. The highest BCUT2D eigenvalue weighted by molar-refractivity contribution is 5.98. The van der Waals surface area contributed by atoms with Gasteiger partial charge in [-0.2, -0.15) is 0 Å². The van der Waals surface area contributed by atoms with Crippen LogP contribution in [-0.4, -0.2) is 17.9 Å². The first kappa shape index (κ1) is 16.2. The summed E-state index contributed by atoms with van der Waals surface area (Å²) in [5, 5.41) is 12.5. The molecule has 1 N–H and O–H groups in total. The lowest BCUT2D eigenvalue weighted by Crippen LogP contribution is -2.13. The number of carbonyl (C=O) groups excluding carboxylic acids is 1. The quantitative estimate of drug-likeness (QED) is 0.612. The Hall–Kier alpha value is -2.23. The Balaban J connectivity index is 1.99. The molecule has 0 amide bonds.